The van der Waals surface area contributed by atoms with E-state index in [1.807, 2.05) is 52.8 Å². The standard InChI is InChI=1S/C15H24N2O2/c1-10-7-6-8-11(2)13(10)12(16)9-17-14(18)19-15(3,4)5/h6-8,12H,9,16H2,1-5H3,(H,17,18). The highest BCUT2D eigenvalue weighted by molar-refractivity contribution is 5.67. The Bertz CT molecular complexity index is 430. The van der Waals surface area contributed by atoms with Crippen LogP contribution in [-0.4, -0.2) is 18.2 Å². The van der Waals surface area contributed by atoms with Gasteiger partial charge in [0.25, 0.3) is 0 Å². The predicted molar refractivity (Wildman–Crippen MR) is 77.1 cm³/mol. The Kier molecular flexibility index (Phi) is 4.95. The molecule has 1 aromatic carbocycles. The third-order valence-corrected chi connectivity index (χ3v) is 2.78. The molecule has 1 rings (SSSR count). The van der Waals surface area contributed by atoms with Gasteiger partial charge in [-0.2, -0.15) is 0 Å². The minimum atomic E-state index is -0.493. The number of carbonyl (C=O) groups is 1. The molecule has 1 atom stereocenters. The molecule has 0 saturated carbocycles. The fourth-order valence-electron chi connectivity index (χ4n) is 2.02. The van der Waals surface area contributed by atoms with Crippen LogP contribution in [0.5, 0.6) is 0 Å². The molecule has 0 bridgehead atoms. The molecular weight excluding hydrogens is 240 g/mol. The monoisotopic (exact) mass is 264 g/mol. The largest absolute Gasteiger partial charge is 0.444 e. The van der Waals surface area contributed by atoms with Crippen LogP contribution in [-0.2, 0) is 4.74 Å². The zero-order valence-corrected chi connectivity index (χ0v) is 12.4. The van der Waals surface area contributed by atoms with Crippen molar-refractivity contribution in [3.63, 3.8) is 0 Å². The summed E-state index contributed by atoms with van der Waals surface area (Å²) in [6.07, 6.45) is -0.436. The van der Waals surface area contributed by atoms with Crippen LogP contribution in [0, 0.1) is 13.8 Å². The molecular formula is C15H24N2O2. The second-order valence-electron chi connectivity index (χ2n) is 5.79. The summed E-state index contributed by atoms with van der Waals surface area (Å²) in [5.74, 6) is 0. The van der Waals surface area contributed by atoms with Gasteiger partial charge in [-0.1, -0.05) is 18.2 Å². The molecule has 19 heavy (non-hydrogen) atoms. The van der Waals surface area contributed by atoms with Crippen LogP contribution in [0.2, 0.25) is 0 Å². The number of rotatable bonds is 3. The minimum absolute atomic E-state index is 0.228. The summed E-state index contributed by atoms with van der Waals surface area (Å²) in [6.45, 7) is 9.90. The van der Waals surface area contributed by atoms with E-state index in [0.29, 0.717) is 6.54 Å². The fraction of sp³-hybridized carbons (Fsp3) is 0.533. The van der Waals surface area contributed by atoms with E-state index in [4.69, 9.17) is 10.5 Å². The summed E-state index contributed by atoms with van der Waals surface area (Å²) >= 11 is 0. The Labute approximate surface area is 115 Å². The molecule has 0 aliphatic carbocycles. The molecule has 0 radical (unpaired) electrons. The second kappa shape index (κ2) is 6.06. The Hall–Kier alpha value is -1.55. The summed E-state index contributed by atoms with van der Waals surface area (Å²) in [7, 11) is 0. The van der Waals surface area contributed by atoms with Crippen molar-refractivity contribution in [3.05, 3.63) is 34.9 Å². The van der Waals surface area contributed by atoms with Gasteiger partial charge >= 0.3 is 6.09 Å². The summed E-state index contributed by atoms with van der Waals surface area (Å²) in [4.78, 5) is 11.6. The SMILES string of the molecule is Cc1cccc(C)c1C(N)CNC(=O)OC(C)(C)C. The van der Waals surface area contributed by atoms with Crippen molar-refractivity contribution in [1.82, 2.24) is 5.32 Å². The van der Waals surface area contributed by atoms with Crippen molar-refractivity contribution >= 4 is 6.09 Å². The average Bonchev–Trinajstić information content (AvgIpc) is 2.23. The first-order chi connectivity index (χ1) is 8.70. The molecule has 0 fully saturated rings. The first-order valence-electron chi connectivity index (χ1n) is 6.49. The fourth-order valence-corrected chi connectivity index (χ4v) is 2.02. The summed E-state index contributed by atoms with van der Waals surface area (Å²) < 4.78 is 5.18. The molecule has 1 unspecified atom stereocenters. The topological polar surface area (TPSA) is 64.3 Å². The van der Waals surface area contributed by atoms with Crippen LogP contribution < -0.4 is 11.1 Å². The second-order valence-corrected chi connectivity index (χ2v) is 5.79. The van der Waals surface area contributed by atoms with Gasteiger partial charge in [0, 0.05) is 12.6 Å². The van der Waals surface area contributed by atoms with E-state index < -0.39 is 11.7 Å². The van der Waals surface area contributed by atoms with Gasteiger partial charge in [0.1, 0.15) is 5.60 Å². The predicted octanol–water partition coefficient (Wildman–Crippen LogP) is 2.83. The van der Waals surface area contributed by atoms with E-state index in [-0.39, 0.29) is 6.04 Å². The molecule has 4 nitrogen and oxygen atoms in total. The molecule has 1 aromatic rings. The van der Waals surface area contributed by atoms with E-state index in [1.165, 1.54) is 0 Å². The number of amides is 1. The molecule has 1 amide bonds. The van der Waals surface area contributed by atoms with Crippen LogP contribution in [0.4, 0.5) is 4.79 Å². The highest BCUT2D eigenvalue weighted by Crippen LogP contribution is 2.19. The normalized spacial score (nSPS) is 12.9. The van der Waals surface area contributed by atoms with E-state index in [2.05, 4.69) is 5.32 Å². The zero-order valence-electron chi connectivity index (χ0n) is 12.4. The van der Waals surface area contributed by atoms with Gasteiger partial charge in [-0.05, 0) is 51.3 Å². The zero-order chi connectivity index (χ0) is 14.6. The first kappa shape index (κ1) is 15.5. The number of benzene rings is 1. The molecule has 0 aliphatic heterocycles. The molecule has 3 N–H and O–H groups in total. The minimum Gasteiger partial charge on any atom is -0.444 e. The van der Waals surface area contributed by atoms with Crippen LogP contribution in [0.15, 0.2) is 18.2 Å². The van der Waals surface area contributed by atoms with Crippen LogP contribution >= 0.6 is 0 Å². The Balaban J connectivity index is 2.61. The Morgan fingerprint density at radius 2 is 1.84 bits per heavy atom. The van der Waals surface area contributed by atoms with E-state index in [0.717, 1.165) is 16.7 Å². The quantitative estimate of drug-likeness (QED) is 0.882. The van der Waals surface area contributed by atoms with Crippen molar-refractivity contribution in [2.75, 3.05) is 6.54 Å². The molecule has 0 aromatic heterocycles. The van der Waals surface area contributed by atoms with Crippen LogP contribution in [0.25, 0.3) is 0 Å². The smallest absolute Gasteiger partial charge is 0.407 e. The summed E-state index contributed by atoms with van der Waals surface area (Å²) in [6, 6.07) is 5.82. The molecule has 4 heteroatoms. The number of nitrogens with two attached hydrogens (primary N) is 1. The summed E-state index contributed by atoms with van der Waals surface area (Å²) in [5.41, 5.74) is 9.00. The lowest BCUT2D eigenvalue weighted by atomic mass is 9.97. The summed E-state index contributed by atoms with van der Waals surface area (Å²) in [5, 5.41) is 2.71. The number of nitrogens with one attached hydrogen (secondary N) is 1. The molecule has 106 valence electrons. The van der Waals surface area contributed by atoms with Crippen molar-refractivity contribution in [2.45, 2.75) is 46.3 Å². The number of aryl methyl sites for hydroxylation is 2. The van der Waals surface area contributed by atoms with Crippen molar-refractivity contribution in [3.8, 4) is 0 Å². The van der Waals surface area contributed by atoms with E-state index in [9.17, 15) is 4.79 Å². The lowest BCUT2D eigenvalue weighted by molar-refractivity contribution is 0.0524. The Morgan fingerprint density at radius 1 is 1.32 bits per heavy atom. The maximum Gasteiger partial charge on any atom is 0.407 e. The van der Waals surface area contributed by atoms with Crippen molar-refractivity contribution < 1.29 is 9.53 Å². The van der Waals surface area contributed by atoms with E-state index >= 15 is 0 Å². The van der Waals surface area contributed by atoms with Gasteiger partial charge in [0.2, 0.25) is 0 Å². The number of alkyl carbamates (subject to hydrolysis) is 1. The molecule has 0 aliphatic rings. The molecule has 0 spiro atoms. The number of carbonyl (C=O) groups excluding carboxylic acids is 1. The average molecular weight is 264 g/mol. The van der Waals surface area contributed by atoms with Gasteiger partial charge in [0.15, 0.2) is 0 Å². The maximum atomic E-state index is 11.6. The number of hydrogen-bond donors (Lipinski definition) is 2. The first-order valence-corrected chi connectivity index (χ1v) is 6.49. The number of hydrogen-bond acceptors (Lipinski definition) is 3. The molecule has 0 heterocycles. The lowest BCUT2D eigenvalue weighted by Crippen LogP contribution is -2.37. The van der Waals surface area contributed by atoms with Crippen molar-refractivity contribution in [1.29, 1.82) is 0 Å². The third-order valence-electron chi connectivity index (χ3n) is 2.78. The Morgan fingerprint density at radius 3 is 2.32 bits per heavy atom. The molecule has 0 saturated heterocycles. The van der Waals surface area contributed by atoms with Gasteiger partial charge in [-0.25, -0.2) is 4.79 Å². The number of ether oxygens (including phenoxy) is 1. The highest BCUT2D eigenvalue weighted by atomic mass is 16.6. The third kappa shape index (κ3) is 4.91. The van der Waals surface area contributed by atoms with Gasteiger partial charge < -0.3 is 15.8 Å². The van der Waals surface area contributed by atoms with Gasteiger partial charge in [0.05, 0.1) is 0 Å². The van der Waals surface area contributed by atoms with Crippen LogP contribution in [0.1, 0.15) is 43.5 Å². The van der Waals surface area contributed by atoms with Gasteiger partial charge in [-0.15, -0.1) is 0 Å². The maximum absolute atomic E-state index is 11.6. The van der Waals surface area contributed by atoms with E-state index in [1.54, 1.807) is 0 Å². The van der Waals surface area contributed by atoms with Gasteiger partial charge in [-0.3, -0.25) is 0 Å². The highest BCUT2D eigenvalue weighted by Gasteiger charge is 2.18. The van der Waals surface area contributed by atoms with Crippen LogP contribution in [0.3, 0.4) is 0 Å². The van der Waals surface area contributed by atoms with Crippen molar-refractivity contribution in [2.24, 2.45) is 5.73 Å². The lowest BCUT2D eigenvalue weighted by Gasteiger charge is -2.22.